The molecule has 0 aliphatic rings. The van der Waals surface area contributed by atoms with E-state index in [1.54, 1.807) is 30.8 Å². The second kappa shape index (κ2) is 4.09. The fourth-order valence-corrected chi connectivity index (χ4v) is 1.42. The van der Waals surface area contributed by atoms with Crippen LogP contribution in [0.5, 0.6) is 0 Å². The first kappa shape index (κ1) is 9.65. The van der Waals surface area contributed by atoms with E-state index in [1.165, 1.54) is 0 Å². The van der Waals surface area contributed by atoms with E-state index in [0.717, 1.165) is 5.56 Å². The highest BCUT2D eigenvalue weighted by atomic mass is 16.3. The van der Waals surface area contributed by atoms with Crippen molar-refractivity contribution < 1.29 is 9.21 Å². The molecule has 0 N–H and O–H groups in total. The van der Waals surface area contributed by atoms with Crippen molar-refractivity contribution in [2.45, 2.75) is 13.3 Å². The van der Waals surface area contributed by atoms with Crippen LogP contribution in [0.2, 0.25) is 0 Å². The summed E-state index contributed by atoms with van der Waals surface area (Å²) in [6, 6.07) is 5.40. The Labute approximate surface area is 87.8 Å². The van der Waals surface area contributed by atoms with E-state index in [0.29, 0.717) is 17.7 Å². The molecule has 2 aromatic rings. The Bertz CT molecular complexity index is 460. The predicted octanol–water partition coefficient (Wildman–Crippen LogP) is 2.41. The molecule has 0 saturated carbocycles. The van der Waals surface area contributed by atoms with E-state index in [9.17, 15) is 4.79 Å². The molecule has 0 fully saturated rings. The number of pyridine rings is 1. The molecule has 0 unspecified atom stereocenters. The lowest BCUT2D eigenvalue weighted by Crippen LogP contribution is -2.05. The van der Waals surface area contributed by atoms with Crippen LogP contribution < -0.4 is 0 Å². The fourth-order valence-electron chi connectivity index (χ4n) is 1.42. The molecule has 0 aliphatic heterocycles. The van der Waals surface area contributed by atoms with Crippen LogP contribution in [0.4, 0.5) is 0 Å². The maximum absolute atomic E-state index is 11.8. The van der Waals surface area contributed by atoms with Gasteiger partial charge in [-0.15, -0.1) is 0 Å². The molecule has 15 heavy (non-hydrogen) atoms. The van der Waals surface area contributed by atoms with Gasteiger partial charge in [-0.2, -0.15) is 0 Å². The zero-order chi connectivity index (χ0) is 10.7. The third kappa shape index (κ3) is 2.13. The average molecular weight is 201 g/mol. The van der Waals surface area contributed by atoms with Crippen LogP contribution in [0.3, 0.4) is 0 Å². The minimum atomic E-state index is 0.0375. The van der Waals surface area contributed by atoms with Gasteiger partial charge in [0.2, 0.25) is 0 Å². The molecular formula is C12H11NO2. The van der Waals surface area contributed by atoms with Crippen molar-refractivity contribution in [3.05, 3.63) is 53.7 Å². The molecule has 0 radical (unpaired) electrons. The van der Waals surface area contributed by atoms with E-state index in [4.69, 9.17) is 4.42 Å². The highest BCUT2D eigenvalue weighted by Crippen LogP contribution is 2.10. The van der Waals surface area contributed by atoms with Gasteiger partial charge in [0.25, 0.3) is 0 Å². The normalized spacial score (nSPS) is 10.2. The van der Waals surface area contributed by atoms with Gasteiger partial charge in [-0.25, -0.2) is 0 Å². The Kier molecular flexibility index (Phi) is 2.63. The van der Waals surface area contributed by atoms with Crippen LogP contribution in [0, 0.1) is 6.92 Å². The Morgan fingerprint density at radius 3 is 3.00 bits per heavy atom. The van der Waals surface area contributed by atoms with E-state index in [1.807, 2.05) is 13.0 Å². The first-order valence-corrected chi connectivity index (χ1v) is 4.73. The first-order chi connectivity index (χ1) is 7.27. The summed E-state index contributed by atoms with van der Waals surface area (Å²) in [6.45, 7) is 1.90. The number of furan rings is 1. The number of carbonyl (C=O) groups excluding carboxylic acids is 1. The number of ketones is 1. The molecule has 2 heterocycles. The molecule has 76 valence electrons. The molecule has 2 rings (SSSR count). The van der Waals surface area contributed by atoms with Crippen LogP contribution in [0.1, 0.15) is 21.7 Å². The second-order valence-corrected chi connectivity index (χ2v) is 3.37. The van der Waals surface area contributed by atoms with Gasteiger partial charge in [0.05, 0.1) is 12.7 Å². The van der Waals surface area contributed by atoms with Crippen LogP contribution in [-0.4, -0.2) is 10.8 Å². The quantitative estimate of drug-likeness (QED) is 0.716. The number of aryl methyl sites for hydroxylation is 1. The third-order valence-corrected chi connectivity index (χ3v) is 2.25. The molecule has 0 aliphatic carbocycles. The van der Waals surface area contributed by atoms with Gasteiger partial charge in [-0.05, 0) is 30.7 Å². The van der Waals surface area contributed by atoms with Gasteiger partial charge in [-0.1, -0.05) is 0 Å². The Balaban J connectivity index is 2.19. The summed E-state index contributed by atoms with van der Waals surface area (Å²) in [7, 11) is 0. The zero-order valence-corrected chi connectivity index (χ0v) is 8.43. The van der Waals surface area contributed by atoms with Gasteiger partial charge in [0.15, 0.2) is 5.78 Å². The Morgan fingerprint density at radius 1 is 1.47 bits per heavy atom. The van der Waals surface area contributed by atoms with Gasteiger partial charge < -0.3 is 4.42 Å². The lowest BCUT2D eigenvalue weighted by Gasteiger charge is -2.01. The van der Waals surface area contributed by atoms with Crippen LogP contribution in [-0.2, 0) is 6.42 Å². The summed E-state index contributed by atoms with van der Waals surface area (Å²) in [5.41, 5.74) is 1.61. The number of rotatable bonds is 3. The van der Waals surface area contributed by atoms with Crippen molar-refractivity contribution in [1.29, 1.82) is 0 Å². The summed E-state index contributed by atoms with van der Waals surface area (Å²) in [4.78, 5) is 15.8. The van der Waals surface area contributed by atoms with Crippen molar-refractivity contribution in [2.24, 2.45) is 0 Å². The number of hydrogen-bond acceptors (Lipinski definition) is 3. The third-order valence-electron chi connectivity index (χ3n) is 2.25. The zero-order valence-electron chi connectivity index (χ0n) is 8.43. The Hall–Kier alpha value is -1.90. The summed E-state index contributed by atoms with van der Waals surface area (Å²) >= 11 is 0. The predicted molar refractivity (Wildman–Crippen MR) is 55.7 cm³/mol. The van der Waals surface area contributed by atoms with Crippen molar-refractivity contribution in [2.75, 3.05) is 0 Å². The standard InChI is InChI=1S/C12H11NO2/c1-9-4-5-13-8-11(9)12(14)7-10-3-2-6-15-10/h2-6,8H,7H2,1H3. The van der Waals surface area contributed by atoms with E-state index in [2.05, 4.69) is 4.98 Å². The van der Waals surface area contributed by atoms with E-state index < -0.39 is 0 Å². The SMILES string of the molecule is Cc1ccncc1C(=O)Cc1ccco1. The highest BCUT2D eigenvalue weighted by molar-refractivity contribution is 5.98. The van der Waals surface area contributed by atoms with Gasteiger partial charge >= 0.3 is 0 Å². The van der Waals surface area contributed by atoms with Crippen LogP contribution in [0.25, 0.3) is 0 Å². The molecule has 3 nitrogen and oxygen atoms in total. The lowest BCUT2D eigenvalue weighted by atomic mass is 10.0. The maximum Gasteiger partial charge on any atom is 0.172 e. The summed E-state index contributed by atoms with van der Waals surface area (Å²) < 4.78 is 5.12. The topological polar surface area (TPSA) is 43.1 Å². The van der Waals surface area contributed by atoms with Crippen LogP contribution >= 0.6 is 0 Å². The lowest BCUT2D eigenvalue weighted by molar-refractivity contribution is 0.0986. The molecule has 3 heteroatoms. The molecule has 2 aromatic heterocycles. The minimum Gasteiger partial charge on any atom is -0.469 e. The summed E-state index contributed by atoms with van der Waals surface area (Å²) in [5.74, 6) is 0.721. The highest BCUT2D eigenvalue weighted by Gasteiger charge is 2.10. The Morgan fingerprint density at radius 2 is 2.33 bits per heavy atom. The molecule has 0 saturated heterocycles. The largest absolute Gasteiger partial charge is 0.469 e. The number of aromatic nitrogens is 1. The number of hydrogen-bond donors (Lipinski definition) is 0. The molecule has 0 spiro atoms. The monoisotopic (exact) mass is 201 g/mol. The second-order valence-electron chi connectivity index (χ2n) is 3.37. The van der Waals surface area contributed by atoms with Gasteiger partial charge in [0.1, 0.15) is 5.76 Å². The first-order valence-electron chi connectivity index (χ1n) is 4.73. The molecular weight excluding hydrogens is 190 g/mol. The fraction of sp³-hybridized carbons (Fsp3) is 0.167. The smallest absolute Gasteiger partial charge is 0.172 e. The molecule has 0 amide bonds. The minimum absolute atomic E-state index is 0.0375. The molecule has 0 bridgehead atoms. The maximum atomic E-state index is 11.8. The van der Waals surface area contributed by atoms with Crippen LogP contribution in [0.15, 0.2) is 41.3 Å². The van der Waals surface area contributed by atoms with E-state index in [-0.39, 0.29) is 5.78 Å². The summed E-state index contributed by atoms with van der Waals surface area (Å²) in [6.07, 6.45) is 5.14. The van der Waals surface area contributed by atoms with Crippen molar-refractivity contribution in [3.63, 3.8) is 0 Å². The summed E-state index contributed by atoms with van der Waals surface area (Å²) in [5, 5.41) is 0. The van der Waals surface area contributed by atoms with Crippen molar-refractivity contribution in [1.82, 2.24) is 4.98 Å². The number of nitrogens with zero attached hydrogens (tertiary/aromatic N) is 1. The van der Waals surface area contributed by atoms with Crippen molar-refractivity contribution >= 4 is 5.78 Å². The van der Waals surface area contributed by atoms with E-state index >= 15 is 0 Å². The van der Waals surface area contributed by atoms with Gasteiger partial charge in [0, 0.05) is 18.0 Å². The van der Waals surface area contributed by atoms with Crippen molar-refractivity contribution in [3.8, 4) is 0 Å². The number of Topliss-reactive ketones (excluding diaryl/α,β-unsaturated/α-hetero) is 1. The molecule has 0 aromatic carbocycles. The average Bonchev–Trinajstić information content (AvgIpc) is 2.71. The number of carbonyl (C=O) groups is 1. The molecule has 0 atom stereocenters. The van der Waals surface area contributed by atoms with Gasteiger partial charge in [-0.3, -0.25) is 9.78 Å².